The Morgan fingerprint density at radius 1 is 1.23 bits per heavy atom. The van der Waals surface area contributed by atoms with Crippen LogP contribution in [0.2, 0.25) is 0 Å². The van der Waals surface area contributed by atoms with Crippen molar-refractivity contribution in [2.45, 2.75) is 31.2 Å². The number of ether oxygens (including phenoxy) is 1. The molecule has 2 N–H and O–H groups in total. The standard InChI is InChI=1S/C28H32F4N3O3PS/c1-35(36)14-12-22(21(29)17-35)34-24-8-5-7-19-20(16-28(30,31)32)26(40-27(19)24)9-6-13-33-23-11-10-18(39(3,4)37)15-25(23)38-2/h5,7-8,10-11,15,21-22,33-34H,12-14,16-17H2,1-4H3/t21-,22+,35-/m0/s1. The minimum Gasteiger partial charge on any atom is -0.633 e. The highest BCUT2D eigenvalue weighted by atomic mass is 32.1. The summed E-state index contributed by atoms with van der Waals surface area (Å²) in [7, 11) is 0.452. The zero-order valence-electron chi connectivity index (χ0n) is 22.7. The van der Waals surface area contributed by atoms with Crippen LogP contribution in [0, 0.1) is 17.0 Å². The summed E-state index contributed by atoms with van der Waals surface area (Å²) in [6, 6.07) is 9.54. The Bertz CT molecular complexity index is 1490. The number of fused-ring (bicyclic) bond motifs is 1. The fraction of sp³-hybridized carbons (Fsp3) is 0.429. The lowest BCUT2D eigenvalue weighted by molar-refractivity contribution is -0.868. The molecule has 3 aromatic rings. The lowest BCUT2D eigenvalue weighted by atomic mass is 10.0. The number of hydrogen-bond donors (Lipinski definition) is 2. The summed E-state index contributed by atoms with van der Waals surface area (Å²) < 4.78 is 73.1. The highest BCUT2D eigenvalue weighted by Gasteiger charge is 2.35. The Balaban J connectivity index is 1.60. The molecule has 1 saturated heterocycles. The van der Waals surface area contributed by atoms with Gasteiger partial charge in [-0.2, -0.15) is 13.2 Å². The molecule has 4 rings (SSSR count). The van der Waals surface area contributed by atoms with E-state index >= 15 is 0 Å². The van der Waals surface area contributed by atoms with Gasteiger partial charge < -0.3 is 29.8 Å². The highest BCUT2D eigenvalue weighted by molar-refractivity contribution is 7.70. The van der Waals surface area contributed by atoms with Crippen LogP contribution in [-0.2, 0) is 11.0 Å². The molecule has 1 aromatic heterocycles. The van der Waals surface area contributed by atoms with Gasteiger partial charge >= 0.3 is 6.18 Å². The number of rotatable bonds is 7. The smallest absolute Gasteiger partial charge is 0.393 e. The molecule has 0 radical (unpaired) electrons. The fourth-order valence-corrected chi connectivity index (χ4v) is 6.76. The molecule has 0 amide bonds. The zero-order chi connectivity index (χ0) is 29.3. The van der Waals surface area contributed by atoms with Crippen LogP contribution in [0.25, 0.3) is 10.1 Å². The molecule has 1 aliphatic heterocycles. The van der Waals surface area contributed by atoms with E-state index in [2.05, 4.69) is 22.5 Å². The quantitative estimate of drug-likeness (QED) is 0.112. The Labute approximate surface area is 235 Å². The third-order valence-corrected chi connectivity index (χ3v) is 9.54. The van der Waals surface area contributed by atoms with Crippen molar-refractivity contribution in [3.05, 3.63) is 52.0 Å². The Hall–Kier alpha value is -2.77. The van der Waals surface area contributed by atoms with Crippen molar-refractivity contribution in [3.63, 3.8) is 0 Å². The second kappa shape index (κ2) is 11.6. The normalized spacial score (nSPS) is 21.5. The number of hydroxylamine groups is 3. The number of anilines is 2. The molecule has 0 saturated carbocycles. The minimum atomic E-state index is -4.44. The summed E-state index contributed by atoms with van der Waals surface area (Å²) in [6.45, 7) is 3.54. The fourth-order valence-electron chi connectivity index (χ4n) is 4.73. The summed E-state index contributed by atoms with van der Waals surface area (Å²) in [5, 5.41) is 19.5. The van der Waals surface area contributed by atoms with Gasteiger partial charge in [0.1, 0.15) is 19.4 Å². The van der Waals surface area contributed by atoms with Gasteiger partial charge in [0.05, 0.1) is 60.7 Å². The molecule has 2 aromatic carbocycles. The number of thiophene rings is 1. The molecule has 0 aliphatic carbocycles. The number of methoxy groups -OCH3 is 1. The first-order valence-corrected chi connectivity index (χ1v) is 16.1. The van der Waals surface area contributed by atoms with E-state index < -0.39 is 36.6 Å². The molecule has 0 unspecified atom stereocenters. The highest BCUT2D eigenvalue weighted by Crippen LogP contribution is 2.40. The second-order valence-electron chi connectivity index (χ2n) is 10.5. The van der Waals surface area contributed by atoms with Gasteiger partial charge in [-0.25, -0.2) is 4.39 Å². The Morgan fingerprint density at radius 2 is 1.98 bits per heavy atom. The molecule has 1 aliphatic rings. The first kappa shape index (κ1) is 30.2. The monoisotopic (exact) mass is 597 g/mol. The van der Waals surface area contributed by atoms with Crippen molar-refractivity contribution in [3.8, 4) is 17.6 Å². The van der Waals surface area contributed by atoms with Crippen LogP contribution in [-0.4, -0.2) is 70.2 Å². The lowest BCUT2D eigenvalue weighted by Gasteiger charge is -2.45. The van der Waals surface area contributed by atoms with Gasteiger partial charge in [-0.3, -0.25) is 0 Å². The molecule has 3 atom stereocenters. The summed E-state index contributed by atoms with van der Waals surface area (Å²) in [4.78, 5) is 0.285. The first-order valence-electron chi connectivity index (χ1n) is 12.7. The number of hydrogen-bond acceptors (Lipinski definition) is 6. The molecule has 0 bridgehead atoms. The molecule has 6 nitrogen and oxygen atoms in total. The van der Waals surface area contributed by atoms with Crippen LogP contribution in [0.5, 0.6) is 5.75 Å². The van der Waals surface area contributed by atoms with Crippen molar-refractivity contribution in [2.75, 3.05) is 57.8 Å². The SMILES string of the molecule is COc1cc(P(C)(C)=O)ccc1NCC#Cc1sc2c(N[C@@H]3CC[N@+](C)([O-])C[C@@H]3F)cccc2c1CC(F)(F)F. The van der Waals surface area contributed by atoms with E-state index in [0.29, 0.717) is 38.9 Å². The van der Waals surface area contributed by atoms with E-state index in [1.165, 1.54) is 14.2 Å². The van der Waals surface area contributed by atoms with Gasteiger partial charge in [-0.05, 0) is 48.5 Å². The van der Waals surface area contributed by atoms with Crippen molar-refractivity contribution >= 4 is 45.2 Å². The predicted octanol–water partition coefficient (Wildman–Crippen LogP) is 6.19. The van der Waals surface area contributed by atoms with Gasteiger partial charge in [0, 0.05) is 11.7 Å². The minimum absolute atomic E-state index is 0.0801. The molecule has 12 heteroatoms. The van der Waals surface area contributed by atoms with Crippen LogP contribution in [0.4, 0.5) is 28.9 Å². The number of likely N-dealkylation sites (tertiary alicyclic amines) is 1. The van der Waals surface area contributed by atoms with Gasteiger partial charge in [0.2, 0.25) is 0 Å². The third-order valence-electron chi connectivity index (χ3n) is 6.82. The maximum atomic E-state index is 14.7. The number of piperidine rings is 1. The van der Waals surface area contributed by atoms with Crippen molar-refractivity contribution < 1.29 is 31.5 Å². The topological polar surface area (TPSA) is 73.4 Å². The molecule has 40 heavy (non-hydrogen) atoms. The van der Waals surface area contributed by atoms with Gasteiger partial charge in [-0.1, -0.05) is 24.0 Å². The number of halogens is 4. The number of nitrogens with one attached hydrogen (secondary N) is 2. The number of alkyl halides is 4. The maximum absolute atomic E-state index is 14.7. The summed E-state index contributed by atoms with van der Waals surface area (Å²) in [5.74, 6) is 6.29. The Morgan fingerprint density at radius 3 is 2.62 bits per heavy atom. The molecule has 2 heterocycles. The number of nitrogens with zero attached hydrogens (tertiary/aromatic N) is 1. The summed E-state index contributed by atoms with van der Waals surface area (Å²) in [5.41, 5.74) is 1.23. The van der Waals surface area contributed by atoms with Crippen LogP contribution in [0.15, 0.2) is 36.4 Å². The van der Waals surface area contributed by atoms with E-state index in [1.54, 1.807) is 49.7 Å². The van der Waals surface area contributed by atoms with Crippen LogP contribution in [0.1, 0.15) is 16.9 Å². The first-order chi connectivity index (χ1) is 18.7. The number of benzene rings is 2. The number of quaternary nitrogens is 1. The van der Waals surface area contributed by atoms with E-state index in [0.717, 1.165) is 11.3 Å². The summed E-state index contributed by atoms with van der Waals surface area (Å²) in [6.07, 6.45) is -6.64. The van der Waals surface area contributed by atoms with Gasteiger partial charge in [0.25, 0.3) is 0 Å². The predicted molar refractivity (Wildman–Crippen MR) is 155 cm³/mol. The summed E-state index contributed by atoms with van der Waals surface area (Å²) >= 11 is 1.13. The molecular weight excluding hydrogens is 565 g/mol. The second-order valence-corrected chi connectivity index (χ2v) is 14.8. The van der Waals surface area contributed by atoms with E-state index in [9.17, 15) is 27.3 Å². The van der Waals surface area contributed by atoms with Crippen molar-refractivity contribution in [1.29, 1.82) is 0 Å². The van der Waals surface area contributed by atoms with E-state index in [1.807, 2.05) is 0 Å². The molecule has 1 fully saturated rings. The van der Waals surface area contributed by atoms with Crippen LogP contribution in [0.3, 0.4) is 0 Å². The van der Waals surface area contributed by atoms with Crippen molar-refractivity contribution in [2.24, 2.45) is 0 Å². The average molecular weight is 598 g/mol. The zero-order valence-corrected chi connectivity index (χ0v) is 24.4. The average Bonchev–Trinajstić information content (AvgIpc) is 3.19. The third kappa shape index (κ3) is 7.29. The largest absolute Gasteiger partial charge is 0.633 e. The lowest BCUT2D eigenvalue weighted by Crippen LogP contribution is -2.54. The molecule has 216 valence electrons. The Kier molecular flexibility index (Phi) is 8.77. The van der Waals surface area contributed by atoms with Crippen LogP contribution >= 0.6 is 18.5 Å². The van der Waals surface area contributed by atoms with E-state index in [-0.39, 0.29) is 30.1 Å². The van der Waals surface area contributed by atoms with Crippen LogP contribution < -0.4 is 20.7 Å². The molecular formula is C28H32F4N3O3PS. The van der Waals surface area contributed by atoms with Gasteiger partial charge in [-0.15, -0.1) is 11.3 Å². The maximum Gasteiger partial charge on any atom is 0.393 e. The van der Waals surface area contributed by atoms with E-state index in [4.69, 9.17) is 4.74 Å². The van der Waals surface area contributed by atoms with Gasteiger partial charge in [0.15, 0.2) is 6.17 Å². The van der Waals surface area contributed by atoms with Crippen molar-refractivity contribution in [1.82, 2.24) is 0 Å². The molecule has 0 spiro atoms.